The van der Waals surface area contributed by atoms with Crippen LogP contribution in [0.2, 0.25) is 0 Å². The van der Waals surface area contributed by atoms with E-state index in [1.54, 1.807) is 30.5 Å². The molecule has 2 heterocycles. The second-order valence-corrected chi connectivity index (χ2v) is 6.66. The summed E-state index contributed by atoms with van der Waals surface area (Å²) in [5.74, 6) is 0.567. The first-order chi connectivity index (χ1) is 13.0. The molecule has 2 aliphatic rings. The smallest absolute Gasteiger partial charge is 0.256 e. The molecule has 0 aromatic heterocycles. The number of amides is 1. The zero-order valence-electron chi connectivity index (χ0n) is 15.2. The van der Waals surface area contributed by atoms with E-state index < -0.39 is 0 Å². The Morgan fingerprint density at radius 1 is 1.37 bits per heavy atom. The number of benzene rings is 1. The van der Waals surface area contributed by atoms with Crippen molar-refractivity contribution in [2.24, 2.45) is 4.99 Å². The molecule has 0 bridgehead atoms. The Bertz CT molecular complexity index is 851. The molecule has 0 spiro atoms. The number of carbonyl (C=O) groups is 1. The molecule has 0 saturated carbocycles. The predicted octanol–water partition coefficient (Wildman–Crippen LogP) is 2.61. The predicted molar refractivity (Wildman–Crippen MR) is 112 cm³/mol. The highest BCUT2D eigenvalue weighted by molar-refractivity contribution is 7.84. The highest BCUT2D eigenvalue weighted by Gasteiger charge is 2.22. The van der Waals surface area contributed by atoms with E-state index >= 15 is 0 Å². The first-order valence-electron chi connectivity index (χ1n) is 8.53. The van der Waals surface area contributed by atoms with Crippen LogP contribution in [0.1, 0.15) is 10.4 Å². The maximum absolute atomic E-state index is 12.3. The molecular formula is C20H22N4O2S. The minimum absolute atomic E-state index is 0.206. The van der Waals surface area contributed by atoms with Crippen LogP contribution in [-0.4, -0.2) is 39.0 Å². The number of rotatable bonds is 5. The molecule has 1 amide bonds. The third kappa shape index (κ3) is 5.04. The van der Waals surface area contributed by atoms with E-state index in [0.717, 1.165) is 17.1 Å². The Kier molecular flexibility index (Phi) is 6.03. The number of fused-ring (bicyclic) bond motifs is 1. The van der Waals surface area contributed by atoms with Crippen LogP contribution in [0, 0.1) is 0 Å². The van der Waals surface area contributed by atoms with Gasteiger partial charge in [0.1, 0.15) is 5.76 Å². The van der Waals surface area contributed by atoms with Gasteiger partial charge < -0.3 is 20.3 Å². The Morgan fingerprint density at radius 2 is 2.15 bits per heavy atom. The molecule has 1 unspecified atom stereocenters. The van der Waals surface area contributed by atoms with Crippen LogP contribution in [0.4, 0.5) is 5.69 Å². The summed E-state index contributed by atoms with van der Waals surface area (Å²) in [5.41, 5.74) is 2.55. The third-order valence-electron chi connectivity index (χ3n) is 3.98. The van der Waals surface area contributed by atoms with Gasteiger partial charge in [0, 0.05) is 37.6 Å². The zero-order chi connectivity index (χ0) is 19.2. The van der Waals surface area contributed by atoms with Crippen LogP contribution in [0.5, 0.6) is 0 Å². The fraction of sp³-hybridized carbons (Fsp3) is 0.200. The summed E-state index contributed by atoms with van der Waals surface area (Å²) in [6.45, 7) is 0.629. The minimum atomic E-state index is -0.263. The summed E-state index contributed by atoms with van der Waals surface area (Å²) in [6.07, 6.45) is 10.6. The van der Waals surface area contributed by atoms with Gasteiger partial charge in [-0.25, -0.2) is 0 Å². The van der Waals surface area contributed by atoms with Crippen molar-refractivity contribution in [3.8, 4) is 0 Å². The van der Waals surface area contributed by atoms with Gasteiger partial charge in [-0.15, -0.1) is 12.6 Å². The van der Waals surface area contributed by atoms with E-state index in [1.807, 2.05) is 49.4 Å². The van der Waals surface area contributed by atoms with Crippen molar-refractivity contribution < 1.29 is 9.53 Å². The highest BCUT2D eigenvalue weighted by Crippen LogP contribution is 2.21. The quantitative estimate of drug-likeness (QED) is 0.541. The molecule has 1 saturated heterocycles. The number of allylic oxidation sites excluding steroid dienone is 3. The number of hydrogen-bond acceptors (Lipinski definition) is 6. The first-order valence-corrected chi connectivity index (χ1v) is 8.97. The zero-order valence-corrected chi connectivity index (χ0v) is 16.1. The number of nitrogens with zero attached hydrogens (tertiary/aromatic N) is 2. The second kappa shape index (κ2) is 8.64. The third-order valence-corrected chi connectivity index (χ3v) is 4.24. The van der Waals surface area contributed by atoms with Gasteiger partial charge in [0.05, 0.1) is 17.3 Å². The van der Waals surface area contributed by atoms with Crippen LogP contribution in [0.25, 0.3) is 0 Å². The Morgan fingerprint density at radius 3 is 2.89 bits per heavy atom. The number of ether oxygens (including phenoxy) is 1. The molecule has 2 N–H and O–H groups in total. The van der Waals surface area contributed by atoms with Gasteiger partial charge in [-0.1, -0.05) is 6.08 Å². The molecular weight excluding hydrogens is 360 g/mol. The summed E-state index contributed by atoms with van der Waals surface area (Å²) in [5, 5.41) is 6.44. The molecule has 1 aromatic carbocycles. The summed E-state index contributed by atoms with van der Waals surface area (Å²) >= 11 is 4.31. The van der Waals surface area contributed by atoms with Gasteiger partial charge in [-0.05, 0) is 42.5 Å². The molecule has 1 aromatic rings. The second-order valence-electron chi connectivity index (χ2n) is 6.18. The van der Waals surface area contributed by atoms with E-state index in [-0.39, 0.29) is 12.1 Å². The van der Waals surface area contributed by atoms with Crippen molar-refractivity contribution in [1.29, 1.82) is 0 Å². The fourth-order valence-corrected chi connectivity index (χ4v) is 2.73. The SMILES string of the molecule is CN(C)c1ccc(C(=O)N/C(S)=C/C=C/C2NC3=CCN=CC=C3O2)cc1. The van der Waals surface area contributed by atoms with Crippen LogP contribution < -0.4 is 15.5 Å². The largest absolute Gasteiger partial charge is 0.465 e. The molecule has 1 fully saturated rings. The number of aliphatic imine (C=N–C) groups is 1. The maximum Gasteiger partial charge on any atom is 0.256 e. The molecule has 6 nitrogen and oxygen atoms in total. The lowest BCUT2D eigenvalue weighted by atomic mass is 10.2. The molecule has 2 aliphatic heterocycles. The standard InChI is InChI=1S/C20H22N4O2S/c1-24(2)15-8-6-14(7-9-15)20(25)23-19(27)5-3-4-18-22-16-10-12-21-13-11-17(16)26-18/h3-11,13,18,22,27H,12H2,1-2H3,(H,23,25)/b4-3+,19-5-. The number of thiol groups is 1. The van der Waals surface area contributed by atoms with E-state index in [0.29, 0.717) is 17.1 Å². The van der Waals surface area contributed by atoms with Gasteiger partial charge in [0.15, 0.2) is 6.23 Å². The molecule has 0 radical (unpaired) electrons. The van der Waals surface area contributed by atoms with Crippen LogP contribution in [0.15, 0.2) is 76.1 Å². The van der Waals surface area contributed by atoms with Gasteiger partial charge in [-0.3, -0.25) is 9.79 Å². The number of anilines is 1. The van der Waals surface area contributed by atoms with Gasteiger partial charge >= 0.3 is 0 Å². The Hall–Kier alpha value is -2.93. The van der Waals surface area contributed by atoms with Crippen LogP contribution >= 0.6 is 12.6 Å². The summed E-state index contributed by atoms with van der Waals surface area (Å²) in [7, 11) is 3.91. The van der Waals surface area contributed by atoms with Crippen molar-refractivity contribution in [3.63, 3.8) is 0 Å². The lowest BCUT2D eigenvalue weighted by Crippen LogP contribution is -2.20. The van der Waals surface area contributed by atoms with Gasteiger partial charge in [0.2, 0.25) is 0 Å². The van der Waals surface area contributed by atoms with Crippen molar-refractivity contribution in [2.75, 3.05) is 25.5 Å². The normalized spacial score (nSPS) is 18.8. The first kappa shape index (κ1) is 18.8. The van der Waals surface area contributed by atoms with E-state index in [4.69, 9.17) is 4.74 Å². The van der Waals surface area contributed by atoms with E-state index in [9.17, 15) is 4.79 Å². The Labute approximate surface area is 164 Å². The van der Waals surface area contributed by atoms with Crippen molar-refractivity contribution in [2.45, 2.75) is 6.23 Å². The van der Waals surface area contributed by atoms with Crippen LogP contribution in [-0.2, 0) is 4.74 Å². The maximum atomic E-state index is 12.3. The molecule has 3 rings (SSSR count). The van der Waals surface area contributed by atoms with Crippen molar-refractivity contribution in [1.82, 2.24) is 10.6 Å². The topological polar surface area (TPSA) is 66.0 Å². The van der Waals surface area contributed by atoms with Gasteiger partial charge in [-0.2, -0.15) is 0 Å². The molecule has 27 heavy (non-hydrogen) atoms. The lowest BCUT2D eigenvalue weighted by Gasteiger charge is -2.12. The number of hydrogen-bond donors (Lipinski definition) is 3. The number of carbonyl (C=O) groups excluding carboxylic acids is 1. The summed E-state index contributed by atoms with van der Waals surface area (Å²) in [6, 6.07) is 7.37. The average Bonchev–Trinajstić information content (AvgIpc) is 2.90. The lowest BCUT2D eigenvalue weighted by molar-refractivity contribution is 0.0969. The van der Waals surface area contributed by atoms with E-state index in [1.165, 1.54) is 0 Å². The molecule has 0 aliphatic carbocycles. The Balaban J connectivity index is 1.55. The fourth-order valence-electron chi connectivity index (χ4n) is 2.54. The van der Waals surface area contributed by atoms with Crippen molar-refractivity contribution >= 4 is 30.4 Å². The minimum Gasteiger partial charge on any atom is -0.465 e. The van der Waals surface area contributed by atoms with Gasteiger partial charge in [0.25, 0.3) is 5.91 Å². The number of nitrogens with one attached hydrogen (secondary N) is 2. The van der Waals surface area contributed by atoms with Crippen LogP contribution in [0.3, 0.4) is 0 Å². The monoisotopic (exact) mass is 382 g/mol. The molecule has 140 valence electrons. The summed E-state index contributed by atoms with van der Waals surface area (Å²) in [4.78, 5) is 18.4. The molecule has 1 atom stereocenters. The highest BCUT2D eigenvalue weighted by atomic mass is 32.1. The molecule has 7 heteroatoms. The van der Waals surface area contributed by atoms with Crippen molar-refractivity contribution in [3.05, 3.63) is 76.7 Å². The summed E-state index contributed by atoms with van der Waals surface area (Å²) < 4.78 is 5.77. The van der Waals surface area contributed by atoms with E-state index in [2.05, 4.69) is 28.3 Å². The average molecular weight is 382 g/mol.